The number of hydrogen-bond acceptors (Lipinski definition) is 1. The van der Waals surface area contributed by atoms with Gasteiger partial charge in [0.25, 0.3) is 0 Å². The van der Waals surface area contributed by atoms with Crippen molar-refractivity contribution in [2.24, 2.45) is 18.9 Å². The second-order valence-electron chi connectivity index (χ2n) is 5.67. The summed E-state index contributed by atoms with van der Waals surface area (Å²) in [4.78, 5) is 14.3. The van der Waals surface area contributed by atoms with Crippen LogP contribution in [0, 0.1) is 11.8 Å². The Morgan fingerprint density at radius 1 is 1.37 bits per heavy atom. The third-order valence-electron chi connectivity index (χ3n) is 4.45. The van der Waals surface area contributed by atoms with Crippen LogP contribution in [0.2, 0.25) is 5.02 Å². The maximum Gasteiger partial charge on any atom is 0.230 e. The van der Waals surface area contributed by atoms with Crippen LogP contribution in [0.15, 0.2) is 24.4 Å². The summed E-state index contributed by atoms with van der Waals surface area (Å²) in [6.07, 6.45) is 4.26. The summed E-state index contributed by atoms with van der Waals surface area (Å²) in [5.74, 6) is 1.23. The molecule has 4 rings (SSSR count). The van der Waals surface area contributed by atoms with Crippen LogP contribution in [-0.2, 0) is 11.8 Å². The van der Waals surface area contributed by atoms with Crippen molar-refractivity contribution in [1.29, 1.82) is 0 Å². The zero-order chi connectivity index (χ0) is 13.1. The van der Waals surface area contributed by atoms with E-state index in [4.69, 9.17) is 11.6 Å². The van der Waals surface area contributed by atoms with Crippen LogP contribution in [0.4, 0.5) is 5.69 Å². The second kappa shape index (κ2) is 3.76. The lowest BCUT2D eigenvalue weighted by atomic mass is 10.1. The van der Waals surface area contributed by atoms with Crippen LogP contribution in [0.1, 0.15) is 12.8 Å². The summed E-state index contributed by atoms with van der Waals surface area (Å²) in [6, 6.07) is 5.86. The summed E-state index contributed by atoms with van der Waals surface area (Å²) in [7, 11) is 2.01. The first-order valence-corrected chi connectivity index (χ1v) is 7.09. The number of aryl methyl sites for hydroxylation is 1. The minimum Gasteiger partial charge on any atom is -0.348 e. The number of carbonyl (C=O) groups excluding carboxylic acids is 1. The van der Waals surface area contributed by atoms with Gasteiger partial charge in [-0.05, 0) is 37.0 Å². The van der Waals surface area contributed by atoms with Crippen molar-refractivity contribution in [2.75, 3.05) is 11.4 Å². The van der Waals surface area contributed by atoms with Gasteiger partial charge in [0.05, 0.1) is 11.2 Å². The Bertz CT molecular complexity index is 691. The van der Waals surface area contributed by atoms with Gasteiger partial charge >= 0.3 is 0 Å². The molecule has 0 radical (unpaired) electrons. The first-order valence-electron chi connectivity index (χ1n) is 6.71. The van der Waals surface area contributed by atoms with Gasteiger partial charge in [0.1, 0.15) is 0 Å². The summed E-state index contributed by atoms with van der Waals surface area (Å²) < 4.78 is 2.06. The summed E-state index contributed by atoms with van der Waals surface area (Å²) in [6.45, 7) is 0.839. The van der Waals surface area contributed by atoms with Crippen molar-refractivity contribution in [2.45, 2.75) is 12.8 Å². The molecular formula is C15H15ClN2O. The molecule has 2 aliphatic rings. The predicted molar refractivity (Wildman–Crippen MR) is 76.5 cm³/mol. The Hall–Kier alpha value is -1.48. The minimum absolute atomic E-state index is 0.281. The van der Waals surface area contributed by atoms with Crippen LogP contribution in [-0.4, -0.2) is 17.0 Å². The lowest BCUT2D eigenvalue weighted by molar-refractivity contribution is -0.120. The Balaban J connectivity index is 1.86. The van der Waals surface area contributed by atoms with E-state index < -0.39 is 0 Å². The monoisotopic (exact) mass is 274 g/mol. The van der Waals surface area contributed by atoms with Crippen molar-refractivity contribution in [3.8, 4) is 0 Å². The number of carbonyl (C=O) groups is 1. The van der Waals surface area contributed by atoms with E-state index in [2.05, 4.69) is 4.57 Å². The number of anilines is 1. The van der Waals surface area contributed by atoms with Crippen molar-refractivity contribution >= 4 is 34.1 Å². The van der Waals surface area contributed by atoms with E-state index in [9.17, 15) is 4.79 Å². The number of piperidine rings is 1. The third-order valence-corrected chi connectivity index (χ3v) is 4.69. The molecule has 2 heterocycles. The summed E-state index contributed by atoms with van der Waals surface area (Å²) >= 11 is 6.10. The number of aromatic nitrogens is 1. The Kier molecular flexibility index (Phi) is 2.25. The Labute approximate surface area is 116 Å². The van der Waals surface area contributed by atoms with E-state index in [0.717, 1.165) is 36.0 Å². The Morgan fingerprint density at radius 3 is 3.05 bits per heavy atom. The molecule has 19 heavy (non-hydrogen) atoms. The molecule has 2 unspecified atom stereocenters. The molecule has 2 fully saturated rings. The number of hydrogen-bond donors (Lipinski definition) is 0. The zero-order valence-corrected chi connectivity index (χ0v) is 11.5. The third kappa shape index (κ3) is 1.61. The highest BCUT2D eigenvalue weighted by atomic mass is 35.5. The molecule has 1 amide bonds. The largest absolute Gasteiger partial charge is 0.348 e. The normalized spacial score (nSPS) is 25.8. The average Bonchev–Trinajstić information content (AvgIpc) is 3.11. The van der Waals surface area contributed by atoms with E-state index >= 15 is 0 Å². The molecule has 2 aromatic rings. The van der Waals surface area contributed by atoms with E-state index in [1.54, 1.807) is 0 Å². The first kappa shape index (κ1) is 11.4. The fourth-order valence-corrected chi connectivity index (χ4v) is 3.44. The van der Waals surface area contributed by atoms with Crippen molar-refractivity contribution in [3.63, 3.8) is 0 Å². The second-order valence-corrected chi connectivity index (χ2v) is 6.10. The lowest BCUT2D eigenvalue weighted by Crippen LogP contribution is -2.37. The lowest BCUT2D eigenvalue weighted by Gasteiger charge is -2.25. The average molecular weight is 275 g/mol. The van der Waals surface area contributed by atoms with Crippen LogP contribution >= 0.6 is 11.6 Å². The molecule has 0 bridgehead atoms. The molecule has 1 aliphatic heterocycles. The first-order chi connectivity index (χ1) is 9.15. The molecule has 3 nitrogen and oxygen atoms in total. The topological polar surface area (TPSA) is 25.2 Å². The molecular weight excluding hydrogens is 260 g/mol. The van der Waals surface area contributed by atoms with Gasteiger partial charge in [-0.3, -0.25) is 4.79 Å². The molecule has 0 spiro atoms. The molecule has 4 heteroatoms. The van der Waals surface area contributed by atoms with Gasteiger partial charge in [0.15, 0.2) is 0 Å². The van der Waals surface area contributed by atoms with E-state index in [1.165, 1.54) is 0 Å². The molecule has 1 aromatic carbocycles. The van der Waals surface area contributed by atoms with Crippen LogP contribution in [0.3, 0.4) is 0 Å². The molecule has 2 atom stereocenters. The highest BCUT2D eigenvalue weighted by Gasteiger charge is 2.48. The summed E-state index contributed by atoms with van der Waals surface area (Å²) in [5, 5.41) is 1.79. The van der Waals surface area contributed by atoms with E-state index in [1.807, 2.05) is 36.3 Å². The van der Waals surface area contributed by atoms with Crippen molar-refractivity contribution in [3.05, 3.63) is 29.4 Å². The number of halogens is 1. The SMILES string of the molecule is Cn1cc(N2CCC3CC3C2=O)c2cc(Cl)ccc21. The van der Waals surface area contributed by atoms with Gasteiger partial charge in [-0.2, -0.15) is 0 Å². The van der Waals surface area contributed by atoms with Gasteiger partial charge in [-0.15, -0.1) is 0 Å². The molecule has 1 aliphatic carbocycles. The van der Waals surface area contributed by atoms with Gasteiger partial charge < -0.3 is 9.47 Å². The number of fused-ring (bicyclic) bond motifs is 2. The fraction of sp³-hybridized carbons (Fsp3) is 0.400. The standard InChI is InChI=1S/C15H15ClN2O/c1-17-8-14(12-7-10(16)2-3-13(12)17)18-5-4-9-6-11(9)15(18)19/h2-3,7-9,11H,4-6H2,1H3. The van der Waals surface area contributed by atoms with Gasteiger partial charge in [0, 0.05) is 36.1 Å². The highest BCUT2D eigenvalue weighted by Crippen LogP contribution is 2.47. The summed E-state index contributed by atoms with van der Waals surface area (Å²) in [5.41, 5.74) is 2.13. The smallest absolute Gasteiger partial charge is 0.230 e. The molecule has 1 aromatic heterocycles. The van der Waals surface area contributed by atoms with E-state index in [0.29, 0.717) is 16.8 Å². The highest BCUT2D eigenvalue weighted by molar-refractivity contribution is 6.31. The minimum atomic E-state index is 0.281. The number of rotatable bonds is 1. The fourth-order valence-electron chi connectivity index (χ4n) is 3.27. The van der Waals surface area contributed by atoms with Gasteiger partial charge in [-0.25, -0.2) is 0 Å². The molecule has 0 N–H and O–H groups in total. The number of nitrogens with zero attached hydrogens (tertiary/aromatic N) is 2. The maximum atomic E-state index is 12.4. The quantitative estimate of drug-likeness (QED) is 0.784. The zero-order valence-electron chi connectivity index (χ0n) is 10.8. The molecule has 1 saturated heterocycles. The van der Waals surface area contributed by atoms with Crippen molar-refractivity contribution < 1.29 is 4.79 Å². The van der Waals surface area contributed by atoms with Crippen LogP contribution in [0.5, 0.6) is 0 Å². The number of benzene rings is 1. The van der Waals surface area contributed by atoms with E-state index in [-0.39, 0.29) is 5.92 Å². The van der Waals surface area contributed by atoms with Crippen molar-refractivity contribution in [1.82, 2.24) is 4.57 Å². The molecule has 1 saturated carbocycles. The van der Waals surface area contributed by atoms with Gasteiger partial charge in [0.2, 0.25) is 5.91 Å². The predicted octanol–water partition coefficient (Wildman–Crippen LogP) is 3.20. The van der Waals surface area contributed by atoms with Crippen LogP contribution in [0.25, 0.3) is 10.9 Å². The van der Waals surface area contributed by atoms with Gasteiger partial charge in [-0.1, -0.05) is 11.6 Å². The number of amides is 1. The molecule has 98 valence electrons. The van der Waals surface area contributed by atoms with Crippen LogP contribution < -0.4 is 4.90 Å². The Morgan fingerprint density at radius 2 is 2.21 bits per heavy atom. The maximum absolute atomic E-state index is 12.4.